The minimum Gasteiger partial charge on any atom is -0.313 e. The molecule has 5 atom stereocenters. The zero-order valence-electron chi connectivity index (χ0n) is 6.51. The van der Waals surface area contributed by atoms with Crippen LogP contribution >= 0.6 is 0 Å². The van der Waals surface area contributed by atoms with Crippen molar-refractivity contribution in [3.05, 3.63) is 0 Å². The first-order valence-electron chi connectivity index (χ1n) is 4.59. The first-order valence-corrected chi connectivity index (χ1v) is 4.59. The Morgan fingerprint density at radius 2 is 2.10 bits per heavy atom. The molecule has 1 heterocycles. The number of hydrogen-bond acceptors (Lipinski definition) is 1. The van der Waals surface area contributed by atoms with Crippen molar-refractivity contribution in [2.45, 2.75) is 25.8 Å². The van der Waals surface area contributed by atoms with Gasteiger partial charge < -0.3 is 5.32 Å². The van der Waals surface area contributed by atoms with Crippen molar-refractivity contribution in [2.75, 3.05) is 6.54 Å². The second-order valence-corrected chi connectivity index (χ2v) is 4.45. The van der Waals surface area contributed by atoms with E-state index in [9.17, 15) is 0 Å². The second-order valence-electron chi connectivity index (χ2n) is 4.45. The maximum absolute atomic E-state index is 3.66. The summed E-state index contributed by atoms with van der Waals surface area (Å²) in [4.78, 5) is 0. The van der Waals surface area contributed by atoms with Crippen LogP contribution in [0.3, 0.4) is 0 Å². The average molecular weight is 137 g/mol. The molecular formula is C9H15N. The molecule has 0 aromatic heterocycles. The quantitative estimate of drug-likeness (QED) is 0.530. The molecule has 0 aromatic rings. The van der Waals surface area contributed by atoms with E-state index in [1.165, 1.54) is 13.0 Å². The third kappa shape index (κ3) is 0.460. The van der Waals surface area contributed by atoms with E-state index in [-0.39, 0.29) is 0 Å². The Morgan fingerprint density at radius 3 is 2.80 bits per heavy atom. The fourth-order valence-electron chi connectivity index (χ4n) is 3.61. The summed E-state index contributed by atoms with van der Waals surface area (Å²) in [6.07, 6.45) is 3.08. The standard InChI is InChI=1S/C9H15N/c1-5-6-2-7-4-10-9(5)8(7)3-6/h5-10H,2-4H2,1H3. The lowest BCUT2D eigenvalue weighted by atomic mass is 9.83. The van der Waals surface area contributed by atoms with Gasteiger partial charge in [0.1, 0.15) is 0 Å². The van der Waals surface area contributed by atoms with Gasteiger partial charge in [-0.15, -0.1) is 0 Å². The Balaban J connectivity index is 2.00. The van der Waals surface area contributed by atoms with Gasteiger partial charge in [-0.2, -0.15) is 0 Å². The SMILES string of the molecule is CC1C2CC3CNC1C3C2. The van der Waals surface area contributed by atoms with Crippen LogP contribution in [0, 0.1) is 23.7 Å². The first-order chi connectivity index (χ1) is 4.86. The number of rotatable bonds is 0. The zero-order chi connectivity index (χ0) is 6.72. The van der Waals surface area contributed by atoms with Gasteiger partial charge >= 0.3 is 0 Å². The third-order valence-electron chi connectivity index (χ3n) is 4.17. The molecule has 1 nitrogen and oxygen atoms in total. The largest absolute Gasteiger partial charge is 0.313 e. The maximum atomic E-state index is 3.66. The molecule has 10 heavy (non-hydrogen) atoms. The van der Waals surface area contributed by atoms with E-state index in [2.05, 4.69) is 12.2 Å². The van der Waals surface area contributed by atoms with E-state index < -0.39 is 0 Å². The van der Waals surface area contributed by atoms with Crippen molar-refractivity contribution in [1.29, 1.82) is 0 Å². The maximum Gasteiger partial charge on any atom is 0.0127 e. The summed E-state index contributed by atoms with van der Waals surface area (Å²) >= 11 is 0. The highest BCUT2D eigenvalue weighted by atomic mass is 15.0. The summed E-state index contributed by atoms with van der Waals surface area (Å²) in [7, 11) is 0. The monoisotopic (exact) mass is 137 g/mol. The molecule has 1 N–H and O–H groups in total. The van der Waals surface area contributed by atoms with E-state index in [4.69, 9.17) is 0 Å². The summed E-state index contributed by atoms with van der Waals surface area (Å²) < 4.78 is 0. The predicted molar refractivity (Wildman–Crippen MR) is 40.7 cm³/mol. The molecule has 1 heteroatoms. The molecule has 0 radical (unpaired) electrons. The van der Waals surface area contributed by atoms with Gasteiger partial charge in [0.2, 0.25) is 0 Å². The Morgan fingerprint density at radius 1 is 1.20 bits per heavy atom. The minimum atomic E-state index is 0.920. The lowest BCUT2D eigenvalue weighted by Gasteiger charge is -2.23. The van der Waals surface area contributed by atoms with Crippen molar-refractivity contribution in [3.63, 3.8) is 0 Å². The molecule has 1 aliphatic heterocycles. The molecule has 0 spiro atoms. The van der Waals surface area contributed by atoms with Crippen LogP contribution in [0.25, 0.3) is 0 Å². The Kier molecular flexibility index (Phi) is 0.883. The van der Waals surface area contributed by atoms with Gasteiger partial charge in [-0.1, -0.05) is 6.92 Å². The zero-order valence-corrected chi connectivity index (χ0v) is 6.51. The smallest absolute Gasteiger partial charge is 0.0127 e. The van der Waals surface area contributed by atoms with Crippen LogP contribution in [0.2, 0.25) is 0 Å². The fourth-order valence-corrected chi connectivity index (χ4v) is 3.61. The van der Waals surface area contributed by atoms with E-state index in [0.29, 0.717) is 0 Å². The summed E-state index contributed by atoms with van der Waals surface area (Å²) in [6.45, 7) is 3.76. The molecule has 1 saturated heterocycles. The summed E-state index contributed by atoms with van der Waals surface area (Å²) in [6, 6.07) is 0.920. The Hall–Kier alpha value is -0.0400. The normalized spacial score (nSPS) is 63.9. The molecule has 3 fully saturated rings. The molecular weight excluding hydrogens is 122 g/mol. The lowest BCUT2D eigenvalue weighted by molar-refractivity contribution is 0.296. The number of hydrogen-bond donors (Lipinski definition) is 1. The molecule has 0 aromatic carbocycles. The van der Waals surface area contributed by atoms with E-state index in [0.717, 1.165) is 29.7 Å². The van der Waals surface area contributed by atoms with Gasteiger partial charge in [0.25, 0.3) is 0 Å². The molecule has 2 saturated carbocycles. The third-order valence-corrected chi connectivity index (χ3v) is 4.17. The minimum absolute atomic E-state index is 0.920. The molecule has 56 valence electrons. The molecule has 3 aliphatic rings. The second kappa shape index (κ2) is 1.58. The van der Waals surface area contributed by atoms with E-state index in [1.807, 2.05) is 0 Å². The van der Waals surface area contributed by atoms with Crippen molar-refractivity contribution in [3.8, 4) is 0 Å². The van der Waals surface area contributed by atoms with Crippen LogP contribution in [0.1, 0.15) is 19.8 Å². The van der Waals surface area contributed by atoms with Crippen LogP contribution in [-0.2, 0) is 0 Å². The highest BCUT2D eigenvalue weighted by Crippen LogP contribution is 2.54. The van der Waals surface area contributed by atoms with E-state index >= 15 is 0 Å². The van der Waals surface area contributed by atoms with Crippen molar-refractivity contribution in [1.82, 2.24) is 5.32 Å². The van der Waals surface area contributed by atoms with E-state index in [1.54, 1.807) is 6.42 Å². The van der Waals surface area contributed by atoms with Gasteiger partial charge in [-0.25, -0.2) is 0 Å². The Bertz CT molecular complexity index is 164. The van der Waals surface area contributed by atoms with Gasteiger partial charge in [-0.05, 0) is 43.1 Å². The fraction of sp³-hybridized carbons (Fsp3) is 1.00. The van der Waals surface area contributed by atoms with Gasteiger partial charge in [0.15, 0.2) is 0 Å². The summed E-state index contributed by atoms with van der Waals surface area (Å²) in [5, 5.41) is 3.66. The van der Waals surface area contributed by atoms with Crippen LogP contribution in [-0.4, -0.2) is 12.6 Å². The topological polar surface area (TPSA) is 12.0 Å². The molecule has 5 unspecified atom stereocenters. The summed E-state index contributed by atoms with van der Waals surface area (Å²) in [5.41, 5.74) is 0. The highest BCUT2D eigenvalue weighted by Gasteiger charge is 2.53. The van der Waals surface area contributed by atoms with Crippen LogP contribution in [0.4, 0.5) is 0 Å². The summed E-state index contributed by atoms with van der Waals surface area (Å²) in [5.74, 6) is 4.24. The highest BCUT2D eigenvalue weighted by molar-refractivity contribution is 5.07. The number of nitrogens with one attached hydrogen (secondary N) is 1. The number of fused-ring (bicyclic) bond motifs is 1. The first kappa shape index (κ1) is 5.59. The van der Waals surface area contributed by atoms with Gasteiger partial charge in [0.05, 0.1) is 0 Å². The van der Waals surface area contributed by atoms with Crippen molar-refractivity contribution < 1.29 is 0 Å². The average Bonchev–Trinajstić information content (AvgIpc) is 2.43. The molecule has 2 bridgehead atoms. The van der Waals surface area contributed by atoms with Crippen molar-refractivity contribution in [2.24, 2.45) is 23.7 Å². The molecule has 0 amide bonds. The Labute approximate surface area is 62.2 Å². The van der Waals surface area contributed by atoms with Gasteiger partial charge in [-0.3, -0.25) is 0 Å². The van der Waals surface area contributed by atoms with Crippen LogP contribution in [0.5, 0.6) is 0 Å². The van der Waals surface area contributed by atoms with Gasteiger partial charge in [0, 0.05) is 6.04 Å². The predicted octanol–water partition coefficient (Wildman–Crippen LogP) is 1.25. The lowest BCUT2D eigenvalue weighted by Crippen LogP contribution is -2.31. The molecule has 2 aliphatic carbocycles. The van der Waals surface area contributed by atoms with Crippen LogP contribution < -0.4 is 5.32 Å². The molecule has 3 rings (SSSR count). The van der Waals surface area contributed by atoms with Crippen molar-refractivity contribution >= 4 is 0 Å². The van der Waals surface area contributed by atoms with Crippen LogP contribution in [0.15, 0.2) is 0 Å².